The van der Waals surface area contributed by atoms with Crippen molar-refractivity contribution in [2.45, 2.75) is 44.6 Å². The fraction of sp³-hybridized carbons (Fsp3) is 0.629. The van der Waals surface area contributed by atoms with Crippen molar-refractivity contribution in [3.05, 3.63) is 29.3 Å². The number of nitrogens with one attached hydrogen (secondary N) is 3. The second-order valence-corrected chi connectivity index (χ2v) is 11.9. The van der Waals surface area contributed by atoms with E-state index in [-0.39, 0.29) is 55.1 Å². The number of carboxylic acids is 1. The van der Waals surface area contributed by atoms with E-state index >= 15 is 0 Å². The molecule has 6 amide bonds. The topological polar surface area (TPSA) is 244 Å². The Kier molecular flexibility index (Phi) is 20.9. The van der Waals surface area contributed by atoms with Crippen LogP contribution in [0, 0.1) is 0 Å². The summed E-state index contributed by atoms with van der Waals surface area (Å²) in [7, 11) is 0. The van der Waals surface area contributed by atoms with E-state index in [2.05, 4.69) is 20.7 Å². The van der Waals surface area contributed by atoms with Gasteiger partial charge in [-0.1, -0.05) is 12.5 Å². The lowest BCUT2D eigenvalue weighted by atomic mass is 10.0. The minimum absolute atomic E-state index is 0.0211. The van der Waals surface area contributed by atoms with Crippen molar-refractivity contribution in [1.82, 2.24) is 15.5 Å². The molecule has 1 unspecified atom stereocenters. The lowest BCUT2D eigenvalue weighted by molar-refractivity contribution is -0.143. The molecule has 0 aromatic heterocycles. The Morgan fingerprint density at radius 1 is 0.704 bits per heavy atom. The molecular formula is C35H50N4O15. The van der Waals surface area contributed by atoms with E-state index in [1.54, 1.807) is 6.07 Å². The number of carbonyl (C=O) groups is 7. The molecule has 4 N–H and O–H groups in total. The van der Waals surface area contributed by atoms with Crippen molar-refractivity contribution in [2.75, 3.05) is 104 Å². The van der Waals surface area contributed by atoms with Crippen LogP contribution in [0.2, 0.25) is 0 Å². The number of hydrogen-bond acceptors (Lipinski definition) is 14. The number of benzene rings is 1. The minimum Gasteiger partial charge on any atom is -0.480 e. The summed E-state index contributed by atoms with van der Waals surface area (Å²) in [5, 5.41) is 15.9. The Bertz CT molecular complexity index is 1410. The van der Waals surface area contributed by atoms with Gasteiger partial charge < -0.3 is 48.9 Å². The maximum absolute atomic E-state index is 13.2. The van der Waals surface area contributed by atoms with Gasteiger partial charge in [0.2, 0.25) is 23.6 Å². The van der Waals surface area contributed by atoms with Gasteiger partial charge in [-0.05, 0) is 31.4 Å². The van der Waals surface area contributed by atoms with Crippen LogP contribution in [0.4, 0.5) is 5.69 Å². The number of unbranched alkanes of at least 4 members (excludes halogenated alkanes) is 2. The normalized spacial score (nSPS) is 15.3. The maximum atomic E-state index is 13.2. The molecule has 2 aliphatic heterocycles. The van der Waals surface area contributed by atoms with Crippen LogP contribution in [0.5, 0.6) is 0 Å². The molecule has 19 nitrogen and oxygen atoms in total. The van der Waals surface area contributed by atoms with Crippen LogP contribution in [0.15, 0.2) is 18.2 Å². The number of nitrogens with zero attached hydrogens (tertiary/aromatic N) is 1. The molecule has 1 aromatic rings. The second kappa shape index (κ2) is 25.6. The number of fused-ring (bicyclic) bond motifs is 1. The van der Waals surface area contributed by atoms with Crippen molar-refractivity contribution in [2.24, 2.45) is 0 Å². The molecule has 19 heteroatoms. The van der Waals surface area contributed by atoms with Crippen molar-refractivity contribution >= 4 is 47.1 Å². The van der Waals surface area contributed by atoms with Gasteiger partial charge in [-0.15, -0.1) is 0 Å². The van der Waals surface area contributed by atoms with Crippen LogP contribution in [-0.4, -0.2) is 157 Å². The number of amides is 6. The number of piperidine rings is 1. The van der Waals surface area contributed by atoms with Gasteiger partial charge in [0.25, 0.3) is 11.8 Å². The first-order valence-electron chi connectivity index (χ1n) is 17.9. The number of carbonyl (C=O) groups excluding carboxylic acids is 6. The number of ether oxygens (including phenoxy) is 7. The molecule has 0 radical (unpaired) electrons. The molecule has 1 saturated heterocycles. The van der Waals surface area contributed by atoms with Gasteiger partial charge in [-0.3, -0.25) is 39.0 Å². The van der Waals surface area contributed by atoms with Crippen LogP contribution in [-0.2, 0) is 57.1 Å². The van der Waals surface area contributed by atoms with E-state index < -0.39 is 48.2 Å². The molecule has 0 bridgehead atoms. The third-order valence-electron chi connectivity index (χ3n) is 7.82. The van der Waals surface area contributed by atoms with Crippen molar-refractivity contribution < 1.29 is 71.8 Å². The first kappa shape index (κ1) is 44.0. The lowest BCUT2D eigenvalue weighted by Gasteiger charge is -2.27. The second-order valence-electron chi connectivity index (χ2n) is 11.9. The standard InChI is InChI=1S/C35H50N4O15/c40-28(37-26-6-4-5-25-32(26)35(47)39(34(25)46)27-8-9-29(41)38-33(27)45)7-2-1-3-11-48-13-15-50-17-19-52-21-22-53-20-18-51-16-14-49-12-10-36-30(42)23-54-24-31(43)44/h4-6,27H,1-3,7-24H2,(H,36,42)(H,37,40)(H,43,44)(H,38,41,45). The molecule has 2 heterocycles. The van der Waals surface area contributed by atoms with Crippen molar-refractivity contribution in [1.29, 1.82) is 0 Å². The summed E-state index contributed by atoms with van der Waals surface area (Å²) in [4.78, 5) is 85.1. The predicted molar refractivity (Wildman–Crippen MR) is 187 cm³/mol. The summed E-state index contributed by atoms with van der Waals surface area (Å²) in [5.41, 5.74) is 0.352. The zero-order chi connectivity index (χ0) is 39.0. The van der Waals surface area contributed by atoms with Crippen LogP contribution >= 0.6 is 0 Å². The quantitative estimate of drug-likeness (QED) is 0.0591. The average Bonchev–Trinajstić information content (AvgIpc) is 3.39. The van der Waals surface area contributed by atoms with E-state index in [0.717, 1.165) is 17.7 Å². The summed E-state index contributed by atoms with van der Waals surface area (Å²) >= 11 is 0. The van der Waals surface area contributed by atoms with E-state index in [0.29, 0.717) is 85.7 Å². The number of rotatable bonds is 30. The van der Waals surface area contributed by atoms with E-state index in [4.69, 9.17) is 33.5 Å². The zero-order valence-electron chi connectivity index (χ0n) is 30.3. The molecule has 0 spiro atoms. The Labute approximate surface area is 312 Å². The summed E-state index contributed by atoms with van der Waals surface area (Å²) in [6.45, 7) is 4.31. The SMILES string of the molecule is O=C(O)COCC(=O)NCCOCCOCCOCCOCCOCCOCCCCCC(=O)Nc1cccc2c1C(=O)N(C1CCC(=O)NC1=O)C2=O. The Hall–Kier alpha value is -4.37. The first-order valence-corrected chi connectivity index (χ1v) is 17.9. The highest BCUT2D eigenvalue weighted by molar-refractivity contribution is 6.26. The summed E-state index contributed by atoms with van der Waals surface area (Å²) in [6, 6.07) is 3.49. The Morgan fingerprint density at radius 2 is 1.30 bits per heavy atom. The first-order chi connectivity index (χ1) is 26.2. The van der Waals surface area contributed by atoms with Crippen LogP contribution in [0.1, 0.15) is 59.2 Å². The number of hydrogen-bond donors (Lipinski definition) is 4. The number of aliphatic carboxylic acids is 1. The van der Waals surface area contributed by atoms with Gasteiger partial charge in [0.05, 0.1) is 89.5 Å². The van der Waals surface area contributed by atoms with Crippen LogP contribution < -0.4 is 16.0 Å². The molecule has 1 fully saturated rings. The van der Waals surface area contributed by atoms with Crippen molar-refractivity contribution in [3.8, 4) is 0 Å². The summed E-state index contributed by atoms with van der Waals surface area (Å²) < 4.78 is 37.3. The largest absolute Gasteiger partial charge is 0.480 e. The Balaban J connectivity index is 1.07. The van der Waals surface area contributed by atoms with Gasteiger partial charge in [0, 0.05) is 26.0 Å². The van der Waals surface area contributed by atoms with Crippen LogP contribution in [0.25, 0.3) is 0 Å². The average molecular weight is 767 g/mol. The molecule has 54 heavy (non-hydrogen) atoms. The predicted octanol–water partition coefficient (Wildman–Crippen LogP) is -0.0963. The third kappa shape index (κ3) is 16.3. The number of anilines is 1. The summed E-state index contributed by atoms with van der Waals surface area (Å²) in [5.74, 6) is -4.31. The fourth-order valence-corrected chi connectivity index (χ4v) is 5.24. The molecule has 1 atom stereocenters. The fourth-order valence-electron chi connectivity index (χ4n) is 5.24. The van der Waals surface area contributed by atoms with Gasteiger partial charge in [-0.2, -0.15) is 0 Å². The highest BCUT2D eigenvalue weighted by Crippen LogP contribution is 2.32. The van der Waals surface area contributed by atoms with Crippen molar-refractivity contribution in [3.63, 3.8) is 0 Å². The highest BCUT2D eigenvalue weighted by Gasteiger charge is 2.45. The molecule has 0 saturated carbocycles. The molecule has 0 aliphatic carbocycles. The maximum Gasteiger partial charge on any atom is 0.329 e. The van der Waals surface area contributed by atoms with Gasteiger partial charge in [0.1, 0.15) is 19.3 Å². The lowest BCUT2D eigenvalue weighted by Crippen LogP contribution is -2.54. The monoisotopic (exact) mass is 766 g/mol. The van der Waals surface area contributed by atoms with Crippen LogP contribution in [0.3, 0.4) is 0 Å². The van der Waals surface area contributed by atoms with Gasteiger partial charge in [-0.25, -0.2) is 4.79 Å². The minimum atomic E-state index is -1.14. The van der Waals surface area contributed by atoms with Gasteiger partial charge >= 0.3 is 5.97 Å². The molecule has 2 aliphatic rings. The van der Waals surface area contributed by atoms with E-state index in [9.17, 15) is 33.6 Å². The highest BCUT2D eigenvalue weighted by atomic mass is 16.6. The summed E-state index contributed by atoms with van der Waals surface area (Å²) in [6.07, 6.45) is 2.38. The zero-order valence-corrected chi connectivity index (χ0v) is 30.3. The molecule has 1 aromatic carbocycles. The Morgan fingerprint density at radius 3 is 1.89 bits per heavy atom. The molecule has 3 rings (SSSR count). The van der Waals surface area contributed by atoms with E-state index in [1.807, 2.05) is 0 Å². The molecule has 300 valence electrons. The van der Waals surface area contributed by atoms with Gasteiger partial charge in [0.15, 0.2) is 0 Å². The number of imide groups is 2. The molecular weight excluding hydrogens is 716 g/mol. The smallest absolute Gasteiger partial charge is 0.329 e. The third-order valence-corrected chi connectivity index (χ3v) is 7.82. The van der Waals surface area contributed by atoms with E-state index in [1.165, 1.54) is 12.1 Å². The number of carboxylic acid groups (broad SMARTS) is 1.